The molecule has 0 unspecified atom stereocenters. The molecular formula is C22H24N2O3. The van der Waals surface area contributed by atoms with Gasteiger partial charge in [-0.3, -0.25) is 4.79 Å². The maximum Gasteiger partial charge on any atom is 0.228 e. The summed E-state index contributed by atoms with van der Waals surface area (Å²) in [7, 11) is 1.59. The third-order valence-corrected chi connectivity index (χ3v) is 3.97. The average molecular weight is 364 g/mol. The number of allylic oxidation sites excluding steroid dienone is 1. The van der Waals surface area contributed by atoms with Crippen LogP contribution in [0, 0.1) is 5.41 Å². The number of anilines is 1. The highest BCUT2D eigenvalue weighted by Crippen LogP contribution is 2.28. The van der Waals surface area contributed by atoms with Crippen LogP contribution in [0.2, 0.25) is 0 Å². The van der Waals surface area contributed by atoms with E-state index in [9.17, 15) is 4.79 Å². The Kier molecular flexibility index (Phi) is 7.52. The minimum atomic E-state index is -0.153. The van der Waals surface area contributed by atoms with Crippen molar-refractivity contribution in [3.8, 4) is 5.75 Å². The minimum absolute atomic E-state index is 0.153. The van der Waals surface area contributed by atoms with Gasteiger partial charge >= 0.3 is 0 Å². The normalized spacial score (nSPS) is 10.1. The van der Waals surface area contributed by atoms with Gasteiger partial charge in [-0.25, -0.2) is 0 Å². The number of carbonyl (C=O) groups is 1. The van der Waals surface area contributed by atoms with Gasteiger partial charge in [-0.1, -0.05) is 49.6 Å². The van der Waals surface area contributed by atoms with Gasteiger partial charge in [-0.2, -0.15) is 0 Å². The third-order valence-electron chi connectivity index (χ3n) is 3.97. The quantitative estimate of drug-likeness (QED) is 0.490. The molecule has 5 heteroatoms. The van der Waals surface area contributed by atoms with Crippen molar-refractivity contribution in [2.75, 3.05) is 25.6 Å². The predicted molar refractivity (Wildman–Crippen MR) is 110 cm³/mol. The fourth-order valence-electron chi connectivity index (χ4n) is 2.52. The molecule has 0 bridgehead atoms. The van der Waals surface area contributed by atoms with E-state index in [1.165, 1.54) is 6.21 Å². The minimum Gasteiger partial charge on any atom is -0.489 e. The lowest BCUT2D eigenvalue weighted by molar-refractivity contribution is -0.115. The summed E-state index contributed by atoms with van der Waals surface area (Å²) in [6.07, 6.45) is 3.15. The zero-order valence-electron chi connectivity index (χ0n) is 15.5. The molecular weight excluding hydrogens is 340 g/mol. The van der Waals surface area contributed by atoms with Crippen molar-refractivity contribution in [2.24, 2.45) is 0 Å². The summed E-state index contributed by atoms with van der Waals surface area (Å²) in [6.45, 7) is 8.38. The van der Waals surface area contributed by atoms with E-state index in [4.69, 9.17) is 14.9 Å². The molecule has 0 saturated carbocycles. The summed E-state index contributed by atoms with van der Waals surface area (Å²) in [6, 6.07) is 12.9. The number of methoxy groups -OCH3 is 1. The van der Waals surface area contributed by atoms with Gasteiger partial charge in [0.15, 0.2) is 0 Å². The number of carbonyl (C=O) groups excluding carboxylic acids is 1. The van der Waals surface area contributed by atoms with Crippen LogP contribution in [0.25, 0.3) is 11.6 Å². The molecule has 0 saturated heterocycles. The van der Waals surface area contributed by atoms with Crippen LogP contribution in [0.5, 0.6) is 5.75 Å². The average Bonchev–Trinajstić information content (AvgIpc) is 2.69. The molecule has 5 nitrogen and oxygen atoms in total. The van der Waals surface area contributed by atoms with Crippen LogP contribution in [-0.2, 0) is 16.0 Å². The fourth-order valence-corrected chi connectivity index (χ4v) is 2.52. The van der Waals surface area contributed by atoms with Crippen molar-refractivity contribution in [3.05, 3.63) is 72.3 Å². The van der Waals surface area contributed by atoms with E-state index in [-0.39, 0.29) is 12.3 Å². The molecule has 0 radical (unpaired) electrons. The molecule has 140 valence electrons. The SMILES string of the molecule is C=Cc1ccccc1CC(=O)Nc1ccc(C(=C)C=N)cc1OCCOC. The van der Waals surface area contributed by atoms with E-state index in [0.717, 1.165) is 16.7 Å². The van der Waals surface area contributed by atoms with Crippen LogP contribution in [0.1, 0.15) is 16.7 Å². The topological polar surface area (TPSA) is 71.4 Å². The van der Waals surface area contributed by atoms with Gasteiger partial charge < -0.3 is 20.2 Å². The molecule has 2 aromatic carbocycles. The van der Waals surface area contributed by atoms with E-state index in [2.05, 4.69) is 18.5 Å². The Labute approximate surface area is 159 Å². The van der Waals surface area contributed by atoms with Crippen LogP contribution in [-0.4, -0.2) is 32.4 Å². The number of hydrogen-bond donors (Lipinski definition) is 2. The molecule has 2 rings (SSSR count). The lowest BCUT2D eigenvalue weighted by Gasteiger charge is -2.14. The summed E-state index contributed by atoms with van der Waals surface area (Å²) >= 11 is 0. The first-order valence-electron chi connectivity index (χ1n) is 8.54. The van der Waals surface area contributed by atoms with Crippen molar-refractivity contribution in [2.45, 2.75) is 6.42 Å². The molecule has 0 spiro atoms. The first kappa shape index (κ1) is 20.1. The zero-order chi connectivity index (χ0) is 19.6. The Hall–Kier alpha value is -3.18. The van der Waals surface area contributed by atoms with Crippen LogP contribution >= 0.6 is 0 Å². The number of amides is 1. The van der Waals surface area contributed by atoms with Crippen molar-refractivity contribution < 1.29 is 14.3 Å². The fraction of sp³-hybridized carbons (Fsp3) is 0.182. The summed E-state index contributed by atoms with van der Waals surface area (Å²) < 4.78 is 10.7. The second-order valence-corrected chi connectivity index (χ2v) is 5.85. The Bertz CT molecular complexity index is 843. The molecule has 0 fully saturated rings. The third kappa shape index (κ3) is 5.66. The first-order valence-corrected chi connectivity index (χ1v) is 8.54. The van der Waals surface area contributed by atoms with Gasteiger partial charge in [0.1, 0.15) is 12.4 Å². The lowest BCUT2D eigenvalue weighted by atomic mass is 10.0. The highest BCUT2D eigenvalue weighted by molar-refractivity contribution is 6.07. The monoisotopic (exact) mass is 364 g/mol. The molecule has 0 aliphatic heterocycles. The number of hydrogen-bond acceptors (Lipinski definition) is 4. The number of benzene rings is 2. The molecule has 0 aliphatic rings. The molecule has 27 heavy (non-hydrogen) atoms. The highest BCUT2D eigenvalue weighted by atomic mass is 16.5. The molecule has 1 amide bonds. The van der Waals surface area contributed by atoms with E-state index >= 15 is 0 Å². The molecule has 2 N–H and O–H groups in total. The van der Waals surface area contributed by atoms with Crippen LogP contribution < -0.4 is 10.1 Å². The number of rotatable bonds is 10. The molecule has 0 atom stereocenters. The molecule has 0 aromatic heterocycles. The highest BCUT2D eigenvalue weighted by Gasteiger charge is 2.12. The Morgan fingerprint density at radius 3 is 2.70 bits per heavy atom. The van der Waals surface area contributed by atoms with Crippen molar-refractivity contribution in [3.63, 3.8) is 0 Å². The van der Waals surface area contributed by atoms with Gasteiger partial charge in [0.25, 0.3) is 0 Å². The van der Waals surface area contributed by atoms with E-state index < -0.39 is 0 Å². The lowest BCUT2D eigenvalue weighted by Crippen LogP contribution is -2.16. The van der Waals surface area contributed by atoms with Gasteiger partial charge in [0.2, 0.25) is 5.91 Å². The van der Waals surface area contributed by atoms with Crippen LogP contribution in [0.15, 0.2) is 55.6 Å². The van der Waals surface area contributed by atoms with Crippen LogP contribution in [0.3, 0.4) is 0 Å². The second-order valence-electron chi connectivity index (χ2n) is 5.85. The second kappa shape index (κ2) is 10.1. The van der Waals surface area contributed by atoms with Gasteiger partial charge in [-0.05, 0) is 34.4 Å². The molecule has 0 aliphatic carbocycles. The number of ether oxygens (including phenoxy) is 2. The summed E-state index contributed by atoms with van der Waals surface area (Å²) in [5.74, 6) is 0.359. The predicted octanol–water partition coefficient (Wildman–Crippen LogP) is 4.20. The Morgan fingerprint density at radius 1 is 1.22 bits per heavy atom. The zero-order valence-corrected chi connectivity index (χ0v) is 15.5. The van der Waals surface area contributed by atoms with Crippen molar-refractivity contribution >= 4 is 29.5 Å². The van der Waals surface area contributed by atoms with E-state index in [0.29, 0.717) is 30.2 Å². The maximum atomic E-state index is 12.5. The summed E-state index contributed by atoms with van der Waals surface area (Å²) in [4.78, 5) is 12.5. The van der Waals surface area contributed by atoms with Gasteiger partial charge in [0, 0.05) is 13.3 Å². The summed E-state index contributed by atoms with van der Waals surface area (Å²) in [5, 5.41) is 10.2. The van der Waals surface area contributed by atoms with Gasteiger partial charge in [0.05, 0.1) is 18.7 Å². The Morgan fingerprint density at radius 2 is 2.00 bits per heavy atom. The largest absolute Gasteiger partial charge is 0.489 e. The maximum absolute atomic E-state index is 12.5. The van der Waals surface area contributed by atoms with Crippen molar-refractivity contribution in [1.29, 1.82) is 5.41 Å². The van der Waals surface area contributed by atoms with Gasteiger partial charge in [-0.15, -0.1) is 0 Å². The smallest absolute Gasteiger partial charge is 0.228 e. The molecule has 0 heterocycles. The first-order chi connectivity index (χ1) is 13.1. The molecule has 2 aromatic rings. The van der Waals surface area contributed by atoms with Crippen molar-refractivity contribution in [1.82, 2.24) is 0 Å². The van der Waals surface area contributed by atoms with Crippen LogP contribution in [0.4, 0.5) is 5.69 Å². The standard InChI is InChI=1S/C22H24N2O3/c1-4-17-7-5-6-8-19(17)14-22(25)24-20-10-9-18(16(2)15-23)13-21(20)27-12-11-26-3/h4-10,13,15,23H,1-2,11-12,14H2,3H3,(H,24,25). The van der Waals surface area contributed by atoms with E-state index in [1.54, 1.807) is 31.4 Å². The Balaban J connectivity index is 2.19. The number of nitrogens with one attached hydrogen (secondary N) is 2. The summed E-state index contributed by atoms with van der Waals surface area (Å²) in [5.41, 5.74) is 3.72. The van der Waals surface area contributed by atoms with E-state index in [1.807, 2.05) is 24.3 Å².